The van der Waals surface area contributed by atoms with Gasteiger partial charge in [-0.05, 0) is 51.7 Å². The third-order valence-electron chi connectivity index (χ3n) is 9.56. The van der Waals surface area contributed by atoms with Gasteiger partial charge in [0.25, 0.3) is 0 Å². The minimum Gasteiger partial charge on any atom is -0.314 e. The van der Waals surface area contributed by atoms with Gasteiger partial charge in [-0.2, -0.15) is 0 Å². The summed E-state index contributed by atoms with van der Waals surface area (Å²) in [5, 5.41) is 4.55. The minimum atomic E-state index is 0.652. The number of para-hydroxylation sites is 2. The summed E-state index contributed by atoms with van der Waals surface area (Å²) in [7, 11) is 0. The van der Waals surface area contributed by atoms with E-state index in [1.54, 1.807) is 0 Å². The first kappa shape index (κ1) is 26.7. The fraction of sp³-hybridized carbons (Fsp3) is 0. The van der Waals surface area contributed by atoms with Crippen LogP contribution in [0.25, 0.3) is 88.6 Å². The number of hydrogen-bond donors (Lipinski definition) is 0. The zero-order chi connectivity index (χ0) is 31.6. The molecule has 0 atom stereocenters. The summed E-state index contributed by atoms with van der Waals surface area (Å²) in [6.07, 6.45) is 2.16. The molecule has 0 amide bonds. The molecule has 0 aliphatic rings. The molecule has 4 heteroatoms. The van der Waals surface area contributed by atoms with Gasteiger partial charge in [-0.25, -0.2) is 9.97 Å². The summed E-state index contributed by atoms with van der Waals surface area (Å²) >= 11 is 0. The van der Waals surface area contributed by atoms with Crippen LogP contribution in [0.3, 0.4) is 0 Å². The van der Waals surface area contributed by atoms with E-state index in [2.05, 4.69) is 179 Å². The van der Waals surface area contributed by atoms with Crippen LogP contribution in [0.15, 0.2) is 170 Å². The van der Waals surface area contributed by atoms with Crippen molar-refractivity contribution in [1.82, 2.24) is 18.9 Å². The molecule has 10 rings (SSSR count). The van der Waals surface area contributed by atoms with Gasteiger partial charge in [-0.3, -0.25) is 4.57 Å². The lowest BCUT2D eigenvalue weighted by molar-refractivity contribution is 1.02. The van der Waals surface area contributed by atoms with Crippen molar-refractivity contribution in [2.75, 3.05) is 0 Å². The summed E-state index contributed by atoms with van der Waals surface area (Å²) in [6, 6.07) is 57.8. The Morgan fingerprint density at radius 3 is 1.77 bits per heavy atom. The first-order chi connectivity index (χ1) is 23.8. The Bertz CT molecular complexity index is 2830. The third kappa shape index (κ3) is 3.90. The number of benzene rings is 6. The molecule has 4 heterocycles. The van der Waals surface area contributed by atoms with Crippen molar-refractivity contribution >= 4 is 49.1 Å². The number of nitrogens with zero attached hydrogens (tertiary/aromatic N) is 4. The van der Waals surface area contributed by atoms with Crippen LogP contribution in [0.1, 0.15) is 0 Å². The molecule has 0 spiro atoms. The van der Waals surface area contributed by atoms with E-state index in [0.29, 0.717) is 5.95 Å². The molecule has 0 saturated carbocycles. The second-order valence-corrected chi connectivity index (χ2v) is 12.2. The lowest BCUT2D eigenvalue weighted by Gasteiger charge is -2.15. The predicted octanol–water partition coefficient (Wildman–Crippen LogP) is 11.1. The highest BCUT2D eigenvalue weighted by molar-refractivity contribution is 6.17. The number of aromatic nitrogens is 4. The first-order valence-electron chi connectivity index (χ1n) is 16.3. The van der Waals surface area contributed by atoms with E-state index in [0.717, 1.165) is 60.6 Å². The summed E-state index contributed by atoms with van der Waals surface area (Å²) in [5.41, 5.74) is 12.1. The Morgan fingerprint density at radius 2 is 0.979 bits per heavy atom. The Kier molecular flexibility index (Phi) is 5.84. The molecule has 48 heavy (non-hydrogen) atoms. The van der Waals surface area contributed by atoms with Crippen molar-refractivity contribution in [3.05, 3.63) is 170 Å². The molecule has 4 nitrogen and oxygen atoms in total. The Labute approximate surface area is 276 Å². The number of hydrogen-bond acceptors (Lipinski definition) is 2. The molecule has 6 aromatic carbocycles. The van der Waals surface area contributed by atoms with Crippen molar-refractivity contribution in [1.29, 1.82) is 0 Å². The van der Waals surface area contributed by atoms with E-state index in [9.17, 15) is 0 Å². The molecule has 0 fully saturated rings. The lowest BCUT2D eigenvalue weighted by atomic mass is 9.93. The maximum atomic E-state index is 5.51. The SMILES string of the molecule is c1ccc(-c2ccc(-c3nc(-n4c5ccccc5c5c4c(-c4ccccc4)c4ccccn45)nc4ccccc34)c3ccccc23)cc1. The third-order valence-corrected chi connectivity index (χ3v) is 9.56. The second kappa shape index (κ2) is 10.5. The molecule has 0 aliphatic carbocycles. The highest BCUT2D eigenvalue weighted by atomic mass is 15.2. The maximum absolute atomic E-state index is 5.51. The summed E-state index contributed by atoms with van der Waals surface area (Å²) < 4.78 is 4.59. The smallest absolute Gasteiger partial charge is 0.235 e. The van der Waals surface area contributed by atoms with Crippen LogP contribution in [0.4, 0.5) is 0 Å². The summed E-state index contributed by atoms with van der Waals surface area (Å²) in [4.78, 5) is 10.8. The van der Waals surface area contributed by atoms with Crippen LogP contribution in [0.5, 0.6) is 0 Å². The molecule has 0 aliphatic heterocycles. The second-order valence-electron chi connectivity index (χ2n) is 12.2. The van der Waals surface area contributed by atoms with Gasteiger partial charge in [-0.15, -0.1) is 0 Å². The fourth-order valence-corrected chi connectivity index (χ4v) is 7.50. The Morgan fingerprint density at radius 1 is 0.396 bits per heavy atom. The van der Waals surface area contributed by atoms with Gasteiger partial charge in [0.2, 0.25) is 5.95 Å². The van der Waals surface area contributed by atoms with E-state index in [1.807, 2.05) is 0 Å². The molecule has 10 aromatic rings. The average Bonchev–Trinajstić information content (AvgIpc) is 3.67. The molecule has 0 radical (unpaired) electrons. The predicted molar refractivity (Wildman–Crippen MR) is 199 cm³/mol. The van der Waals surface area contributed by atoms with Gasteiger partial charge in [0.05, 0.1) is 33.3 Å². The number of pyridine rings is 1. The van der Waals surface area contributed by atoms with Gasteiger partial charge in [-0.1, -0.05) is 140 Å². The van der Waals surface area contributed by atoms with Crippen molar-refractivity contribution in [2.45, 2.75) is 0 Å². The summed E-state index contributed by atoms with van der Waals surface area (Å²) in [5.74, 6) is 0.652. The average molecular weight is 613 g/mol. The van der Waals surface area contributed by atoms with Crippen LogP contribution < -0.4 is 0 Å². The van der Waals surface area contributed by atoms with Crippen molar-refractivity contribution in [2.24, 2.45) is 0 Å². The molecule has 0 bridgehead atoms. The Balaban J connectivity index is 1.33. The van der Waals surface area contributed by atoms with Crippen molar-refractivity contribution in [3.8, 4) is 39.5 Å². The first-order valence-corrected chi connectivity index (χ1v) is 16.3. The van der Waals surface area contributed by atoms with E-state index in [-0.39, 0.29) is 0 Å². The highest BCUT2D eigenvalue weighted by Gasteiger charge is 2.25. The molecular formula is C44H28N4. The quantitative estimate of drug-likeness (QED) is 0.198. The van der Waals surface area contributed by atoms with Crippen LogP contribution in [0.2, 0.25) is 0 Å². The molecule has 0 N–H and O–H groups in total. The van der Waals surface area contributed by atoms with E-state index in [1.165, 1.54) is 22.1 Å². The fourth-order valence-electron chi connectivity index (χ4n) is 7.50. The van der Waals surface area contributed by atoms with Crippen LogP contribution >= 0.6 is 0 Å². The van der Waals surface area contributed by atoms with E-state index < -0.39 is 0 Å². The van der Waals surface area contributed by atoms with Crippen LogP contribution in [0, 0.1) is 0 Å². The van der Waals surface area contributed by atoms with Crippen LogP contribution in [-0.4, -0.2) is 18.9 Å². The zero-order valence-electron chi connectivity index (χ0n) is 26.0. The standard InChI is InChI=1S/C44H28N4/c1-3-15-29(16-4-1)31-26-27-34(33-20-8-7-19-32(31)33)41-35-21-9-11-23-37(35)45-44(46-41)48-38-24-12-10-22-36(38)42-43(48)40(30-17-5-2-6-18-30)39-25-13-14-28-47(39)42/h1-28H. The normalized spacial score (nSPS) is 11.8. The van der Waals surface area contributed by atoms with E-state index in [4.69, 9.17) is 9.97 Å². The van der Waals surface area contributed by atoms with Crippen LogP contribution in [-0.2, 0) is 0 Å². The topological polar surface area (TPSA) is 35.1 Å². The summed E-state index contributed by atoms with van der Waals surface area (Å²) in [6.45, 7) is 0. The highest BCUT2D eigenvalue weighted by Crippen LogP contribution is 2.43. The van der Waals surface area contributed by atoms with Gasteiger partial charge in [0, 0.05) is 28.1 Å². The molecule has 0 unspecified atom stereocenters. The molecule has 4 aromatic heterocycles. The van der Waals surface area contributed by atoms with Gasteiger partial charge in [0.15, 0.2) is 0 Å². The number of rotatable bonds is 4. The zero-order valence-corrected chi connectivity index (χ0v) is 26.0. The van der Waals surface area contributed by atoms with Gasteiger partial charge >= 0.3 is 0 Å². The lowest BCUT2D eigenvalue weighted by Crippen LogP contribution is -2.04. The largest absolute Gasteiger partial charge is 0.314 e. The Hall–Kier alpha value is -6.52. The number of fused-ring (bicyclic) bond motifs is 7. The minimum absolute atomic E-state index is 0.652. The molecule has 0 saturated heterocycles. The van der Waals surface area contributed by atoms with Crippen molar-refractivity contribution in [3.63, 3.8) is 0 Å². The van der Waals surface area contributed by atoms with E-state index >= 15 is 0 Å². The monoisotopic (exact) mass is 612 g/mol. The molecular weight excluding hydrogens is 585 g/mol. The maximum Gasteiger partial charge on any atom is 0.235 e. The van der Waals surface area contributed by atoms with Gasteiger partial charge in [0.1, 0.15) is 0 Å². The van der Waals surface area contributed by atoms with Crippen molar-refractivity contribution < 1.29 is 0 Å². The molecule has 224 valence electrons. The van der Waals surface area contributed by atoms with Gasteiger partial charge < -0.3 is 4.40 Å².